The van der Waals surface area contributed by atoms with Crippen LogP contribution in [0.25, 0.3) is 0 Å². The van der Waals surface area contributed by atoms with Gasteiger partial charge in [-0.3, -0.25) is 10.1 Å². The van der Waals surface area contributed by atoms with E-state index in [0.717, 1.165) is 29.2 Å². The summed E-state index contributed by atoms with van der Waals surface area (Å²) in [4.78, 5) is 13.0. The van der Waals surface area contributed by atoms with Gasteiger partial charge >= 0.3 is 0 Å². The number of rotatable bonds is 4. The minimum atomic E-state index is -0.372. The lowest BCUT2D eigenvalue weighted by molar-refractivity contribution is -0.384. The number of ether oxygens (including phenoxy) is 1. The Kier molecular flexibility index (Phi) is 5.18. The summed E-state index contributed by atoms with van der Waals surface area (Å²) in [6.45, 7) is 1.47. The van der Waals surface area contributed by atoms with Gasteiger partial charge in [-0.15, -0.1) is 0 Å². The molecule has 29 heavy (non-hydrogen) atoms. The van der Waals surface area contributed by atoms with Crippen molar-refractivity contribution in [2.24, 2.45) is 0 Å². The van der Waals surface area contributed by atoms with Crippen molar-refractivity contribution in [3.63, 3.8) is 0 Å². The molecule has 1 aliphatic rings. The monoisotopic (exact) mass is 408 g/mol. The number of hydrogen-bond acceptors (Lipinski definition) is 4. The van der Waals surface area contributed by atoms with Gasteiger partial charge in [0.25, 0.3) is 5.69 Å². The van der Waals surface area contributed by atoms with Crippen LogP contribution in [0.1, 0.15) is 17.3 Å². The highest BCUT2D eigenvalue weighted by molar-refractivity contribution is 7.80. The molecule has 0 fully saturated rings. The fraction of sp³-hybridized carbons (Fsp3) is 0.190. The minimum Gasteiger partial charge on any atom is -0.497 e. The van der Waals surface area contributed by atoms with Gasteiger partial charge in [-0.05, 0) is 42.0 Å². The number of hydrogen-bond donors (Lipinski definition) is 1. The molecule has 1 aliphatic heterocycles. The van der Waals surface area contributed by atoms with Crippen LogP contribution in [0.4, 0.5) is 11.4 Å². The van der Waals surface area contributed by atoms with E-state index in [1.807, 2.05) is 48.7 Å². The fourth-order valence-electron chi connectivity index (χ4n) is 3.66. The number of non-ortho nitro benzene ring substituents is 1. The van der Waals surface area contributed by atoms with E-state index in [2.05, 4.69) is 14.8 Å². The average molecular weight is 408 g/mol. The van der Waals surface area contributed by atoms with Crippen molar-refractivity contribution in [2.45, 2.75) is 12.6 Å². The number of anilines is 1. The maximum Gasteiger partial charge on any atom is 0.269 e. The number of aromatic nitrogens is 1. The Labute approximate surface area is 173 Å². The SMILES string of the molecule is COc1cccc(NC(=S)N2CCn3cccc3[C@@H]2c2cccc([N+](=O)[O-])c2)c1. The van der Waals surface area contributed by atoms with Crippen molar-refractivity contribution in [3.8, 4) is 5.75 Å². The van der Waals surface area contributed by atoms with Gasteiger partial charge < -0.3 is 19.5 Å². The molecular weight excluding hydrogens is 388 g/mol. The highest BCUT2D eigenvalue weighted by atomic mass is 32.1. The zero-order valence-electron chi connectivity index (χ0n) is 15.8. The standard InChI is InChI=1S/C21H20N4O3S/c1-28-18-8-3-6-16(14-18)22-21(29)24-12-11-23-10-4-9-19(23)20(24)15-5-2-7-17(13-15)25(26)27/h2-10,13-14,20H,11-12H2,1H3,(H,22,29)/t20-/m0/s1. The first-order valence-electron chi connectivity index (χ1n) is 9.18. The third-order valence-electron chi connectivity index (χ3n) is 5.02. The smallest absolute Gasteiger partial charge is 0.269 e. The molecule has 148 valence electrons. The Hall–Kier alpha value is -3.39. The number of thiocarbonyl (C=S) groups is 1. The Morgan fingerprint density at radius 1 is 1.17 bits per heavy atom. The molecule has 0 unspecified atom stereocenters. The van der Waals surface area contributed by atoms with Gasteiger partial charge in [0, 0.05) is 48.9 Å². The predicted octanol–water partition coefficient (Wildman–Crippen LogP) is 4.21. The molecule has 8 heteroatoms. The van der Waals surface area contributed by atoms with Crippen molar-refractivity contribution in [1.29, 1.82) is 0 Å². The van der Waals surface area contributed by atoms with Crippen LogP contribution in [0.3, 0.4) is 0 Å². The summed E-state index contributed by atoms with van der Waals surface area (Å²) in [5.41, 5.74) is 2.77. The minimum absolute atomic E-state index is 0.0674. The molecule has 3 aromatic rings. The molecule has 0 aliphatic carbocycles. The molecule has 7 nitrogen and oxygen atoms in total. The predicted molar refractivity (Wildman–Crippen MR) is 115 cm³/mol. The number of nitrogens with one attached hydrogen (secondary N) is 1. The van der Waals surface area contributed by atoms with Gasteiger partial charge in [-0.25, -0.2) is 0 Å². The number of nitro groups is 1. The second kappa shape index (κ2) is 7.92. The van der Waals surface area contributed by atoms with Crippen molar-refractivity contribution in [3.05, 3.63) is 88.2 Å². The first-order valence-corrected chi connectivity index (χ1v) is 9.58. The molecule has 2 aromatic carbocycles. The normalized spacial score (nSPS) is 15.5. The highest BCUT2D eigenvalue weighted by Crippen LogP contribution is 2.34. The lowest BCUT2D eigenvalue weighted by Crippen LogP contribution is -2.44. The van der Waals surface area contributed by atoms with Crippen molar-refractivity contribution in [1.82, 2.24) is 9.47 Å². The van der Waals surface area contributed by atoms with Gasteiger partial charge in [0.2, 0.25) is 0 Å². The molecule has 0 bridgehead atoms. The molecule has 0 spiro atoms. The van der Waals surface area contributed by atoms with E-state index in [9.17, 15) is 10.1 Å². The van der Waals surface area contributed by atoms with Crippen LogP contribution in [0.15, 0.2) is 66.9 Å². The van der Waals surface area contributed by atoms with E-state index in [1.54, 1.807) is 19.2 Å². The maximum absolute atomic E-state index is 11.3. The molecule has 1 N–H and O–H groups in total. The fourth-order valence-corrected chi connectivity index (χ4v) is 3.97. The Bertz CT molecular complexity index is 1070. The van der Waals surface area contributed by atoms with Gasteiger partial charge in [-0.1, -0.05) is 18.2 Å². The van der Waals surface area contributed by atoms with E-state index in [1.165, 1.54) is 6.07 Å². The van der Waals surface area contributed by atoms with Crippen LogP contribution < -0.4 is 10.1 Å². The van der Waals surface area contributed by atoms with E-state index in [4.69, 9.17) is 17.0 Å². The van der Waals surface area contributed by atoms with Crippen LogP contribution >= 0.6 is 12.2 Å². The summed E-state index contributed by atoms with van der Waals surface area (Å²) in [5, 5.41) is 15.1. The van der Waals surface area contributed by atoms with Crippen LogP contribution in [0.2, 0.25) is 0 Å². The van der Waals surface area contributed by atoms with Crippen LogP contribution in [-0.2, 0) is 6.54 Å². The van der Waals surface area contributed by atoms with E-state index < -0.39 is 0 Å². The second-order valence-corrected chi connectivity index (χ2v) is 7.12. The van der Waals surface area contributed by atoms with E-state index in [-0.39, 0.29) is 16.7 Å². The summed E-state index contributed by atoms with van der Waals surface area (Å²) in [5.74, 6) is 0.737. The average Bonchev–Trinajstić information content (AvgIpc) is 3.22. The lowest BCUT2D eigenvalue weighted by Gasteiger charge is -2.39. The third kappa shape index (κ3) is 3.79. The number of benzene rings is 2. The van der Waals surface area contributed by atoms with Gasteiger partial charge in [0.15, 0.2) is 5.11 Å². The zero-order valence-corrected chi connectivity index (χ0v) is 16.6. The quantitative estimate of drug-likeness (QED) is 0.396. The molecule has 0 saturated heterocycles. The molecular formula is C21H20N4O3S. The van der Waals surface area contributed by atoms with Crippen LogP contribution in [-0.4, -0.2) is 33.2 Å². The number of nitrogens with zero attached hydrogens (tertiary/aromatic N) is 3. The molecule has 0 saturated carbocycles. The number of methoxy groups -OCH3 is 1. The number of fused-ring (bicyclic) bond motifs is 1. The summed E-state index contributed by atoms with van der Waals surface area (Å²) in [6, 6.07) is 18.1. The summed E-state index contributed by atoms with van der Waals surface area (Å²) >= 11 is 5.73. The Morgan fingerprint density at radius 3 is 2.79 bits per heavy atom. The van der Waals surface area contributed by atoms with Gasteiger partial charge in [-0.2, -0.15) is 0 Å². The molecule has 0 amide bonds. The summed E-state index contributed by atoms with van der Waals surface area (Å²) in [7, 11) is 1.62. The molecule has 2 heterocycles. The van der Waals surface area contributed by atoms with Crippen LogP contribution in [0.5, 0.6) is 5.75 Å². The highest BCUT2D eigenvalue weighted by Gasteiger charge is 2.31. The molecule has 0 radical (unpaired) electrons. The Balaban J connectivity index is 1.68. The largest absolute Gasteiger partial charge is 0.497 e. The molecule has 1 aromatic heterocycles. The van der Waals surface area contributed by atoms with E-state index >= 15 is 0 Å². The van der Waals surface area contributed by atoms with Crippen LogP contribution in [0, 0.1) is 10.1 Å². The van der Waals surface area contributed by atoms with Crippen molar-refractivity contribution < 1.29 is 9.66 Å². The van der Waals surface area contributed by atoms with Gasteiger partial charge in [0.05, 0.1) is 18.1 Å². The summed E-state index contributed by atoms with van der Waals surface area (Å²) < 4.78 is 7.44. The first kappa shape index (κ1) is 18.9. The zero-order chi connectivity index (χ0) is 20.4. The molecule has 4 rings (SSSR count). The first-order chi connectivity index (χ1) is 14.1. The van der Waals surface area contributed by atoms with Crippen molar-refractivity contribution >= 4 is 28.7 Å². The van der Waals surface area contributed by atoms with E-state index in [0.29, 0.717) is 11.7 Å². The lowest BCUT2D eigenvalue weighted by atomic mass is 10.00. The number of nitro benzene ring substituents is 1. The maximum atomic E-state index is 11.3. The Morgan fingerprint density at radius 2 is 2.00 bits per heavy atom. The third-order valence-corrected chi connectivity index (χ3v) is 5.35. The van der Waals surface area contributed by atoms with Crippen molar-refractivity contribution in [2.75, 3.05) is 19.0 Å². The van der Waals surface area contributed by atoms with Gasteiger partial charge in [0.1, 0.15) is 5.75 Å². The summed E-state index contributed by atoms with van der Waals surface area (Å²) in [6.07, 6.45) is 2.02. The second-order valence-electron chi connectivity index (χ2n) is 6.74. The molecule has 1 atom stereocenters. The topological polar surface area (TPSA) is 72.6 Å².